The molecule has 2 aliphatic rings. The van der Waals surface area contributed by atoms with E-state index in [2.05, 4.69) is 66.6 Å². The van der Waals surface area contributed by atoms with Gasteiger partial charge >= 0.3 is 0 Å². The Kier molecular flexibility index (Phi) is 9.20. The van der Waals surface area contributed by atoms with Crippen molar-refractivity contribution >= 4 is 27.6 Å². The van der Waals surface area contributed by atoms with Gasteiger partial charge in [-0.2, -0.15) is 8.42 Å². The van der Waals surface area contributed by atoms with Crippen molar-refractivity contribution in [2.24, 2.45) is 23.7 Å². The Hall–Kier alpha value is -3.67. The largest absolute Gasteiger partial charge is 0.476 e. The molecular formula is C32H45N7O4S. The fourth-order valence-corrected chi connectivity index (χ4v) is 7.35. The second kappa shape index (κ2) is 12.7. The summed E-state index contributed by atoms with van der Waals surface area (Å²) in [6, 6.07) is 9.82. The summed E-state index contributed by atoms with van der Waals surface area (Å²) in [5, 5.41) is 7.63. The number of hydrogen-bond donors (Lipinski definition) is 2. The van der Waals surface area contributed by atoms with Gasteiger partial charge in [0.05, 0.1) is 12.2 Å². The maximum Gasteiger partial charge on any atom is 0.281 e. The molecule has 44 heavy (non-hydrogen) atoms. The van der Waals surface area contributed by atoms with E-state index in [0.29, 0.717) is 66.7 Å². The number of carbonyl (C=O) groups is 1. The van der Waals surface area contributed by atoms with Gasteiger partial charge in [0.25, 0.3) is 15.9 Å². The van der Waals surface area contributed by atoms with Crippen LogP contribution >= 0.6 is 0 Å². The van der Waals surface area contributed by atoms with Crippen molar-refractivity contribution in [1.29, 1.82) is 0 Å². The van der Waals surface area contributed by atoms with Crippen molar-refractivity contribution in [2.45, 2.75) is 77.8 Å². The van der Waals surface area contributed by atoms with Gasteiger partial charge in [-0.3, -0.25) is 4.79 Å². The summed E-state index contributed by atoms with van der Waals surface area (Å²) in [5.74, 6) is 2.94. The number of anilines is 2. The van der Waals surface area contributed by atoms with Crippen LogP contribution in [-0.4, -0.2) is 59.3 Å². The van der Waals surface area contributed by atoms with Crippen LogP contribution in [0.25, 0.3) is 5.82 Å². The fraction of sp³-hybridized carbons (Fsp3) is 0.562. The summed E-state index contributed by atoms with van der Waals surface area (Å²) in [5.41, 5.74) is -0.132. The second-order valence-electron chi connectivity index (χ2n) is 13.1. The standard InChI is InChI=1S/C32H45N7O4S/c1-7-22(4)25(21(2)3)20-43-28-15-17-39(36-28)27-14-13-24-30(35-27)38-19-23(18-32(38,5)6)10-9-16-33-26-11-8-12-29(34-26)44(41,42)37-31(24)40/h8,11-15,17,21-23,25H,7,9-10,16,18-20H2,1-6H3,(H,33,34)(H,37,40)/t22-,23?,25?/m1/s1. The molecule has 3 aromatic rings. The fourth-order valence-electron chi connectivity index (χ4n) is 6.41. The zero-order valence-corrected chi connectivity index (χ0v) is 27.4. The Balaban J connectivity index is 1.49. The lowest BCUT2D eigenvalue weighted by molar-refractivity contribution is 0.0981. The van der Waals surface area contributed by atoms with Gasteiger partial charge in [-0.1, -0.05) is 40.2 Å². The topological polar surface area (TPSA) is 131 Å². The maximum absolute atomic E-state index is 13.6. The summed E-state index contributed by atoms with van der Waals surface area (Å²) in [6.45, 7) is 15.1. The van der Waals surface area contributed by atoms with Crippen LogP contribution in [0.15, 0.2) is 47.6 Å². The van der Waals surface area contributed by atoms with E-state index in [1.165, 1.54) is 6.07 Å². The van der Waals surface area contributed by atoms with Gasteiger partial charge in [0.2, 0.25) is 5.88 Å². The third-order valence-electron chi connectivity index (χ3n) is 9.10. The Morgan fingerprint density at radius 1 is 1.11 bits per heavy atom. The Morgan fingerprint density at radius 3 is 2.66 bits per heavy atom. The molecule has 1 fully saturated rings. The van der Waals surface area contributed by atoms with Gasteiger partial charge in [0.15, 0.2) is 10.8 Å². The van der Waals surface area contributed by atoms with E-state index in [9.17, 15) is 13.2 Å². The third-order valence-corrected chi connectivity index (χ3v) is 10.3. The lowest BCUT2D eigenvalue weighted by atomic mass is 9.84. The normalized spacial score (nSPS) is 20.9. The minimum absolute atomic E-state index is 0.173. The number of sulfonamides is 1. The van der Waals surface area contributed by atoms with E-state index in [-0.39, 0.29) is 16.1 Å². The number of fused-ring (bicyclic) bond motifs is 6. The molecule has 4 bridgehead atoms. The third kappa shape index (κ3) is 6.85. The molecule has 0 aliphatic carbocycles. The van der Waals surface area contributed by atoms with E-state index in [1.54, 1.807) is 35.1 Å². The van der Waals surface area contributed by atoms with E-state index in [1.807, 2.05) is 6.07 Å². The SMILES string of the molecule is CC[C@@H](C)C(COc1ccn(-c2ccc3c(n2)N2CC(CCCNc4cccc(n4)S(=O)(=O)NC3=O)CC2(C)C)n1)C(C)C. The van der Waals surface area contributed by atoms with Crippen LogP contribution < -0.4 is 19.7 Å². The average Bonchev–Trinajstić information content (AvgIpc) is 3.57. The number of hydrogen-bond acceptors (Lipinski definition) is 9. The van der Waals surface area contributed by atoms with E-state index in [4.69, 9.17) is 9.72 Å². The molecule has 0 spiro atoms. The molecule has 2 aliphatic heterocycles. The monoisotopic (exact) mass is 623 g/mol. The van der Waals surface area contributed by atoms with Crippen LogP contribution in [0.1, 0.15) is 77.6 Å². The molecule has 1 saturated heterocycles. The minimum Gasteiger partial charge on any atom is -0.476 e. The second-order valence-corrected chi connectivity index (χ2v) is 14.7. The number of nitrogens with zero attached hydrogens (tertiary/aromatic N) is 5. The van der Waals surface area contributed by atoms with Crippen LogP contribution in [0.4, 0.5) is 11.6 Å². The summed E-state index contributed by atoms with van der Waals surface area (Å²) in [4.78, 5) is 24.9. The van der Waals surface area contributed by atoms with Crippen LogP contribution in [0, 0.1) is 23.7 Å². The number of pyridine rings is 2. The summed E-state index contributed by atoms with van der Waals surface area (Å²) in [6.07, 6.45) is 5.66. The zero-order chi connectivity index (χ0) is 31.6. The first-order valence-corrected chi connectivity index (χ1v) is 17.1. The van der Waals surface area contributed by atoms with E-state index in [0.717, 1.165) is 25.7 Å². The molecule has 3 aromatic heterocycles. The summed E-state index contributed by atoms with van der Waals surface area (Å²) < 4.78 is 36.4. The molecule has 5 heterocycles. The first kappa shape index (κ1) is 31.7. The predicted molar refractivity (Wildman–Crippen MR) is 171 cm³/mol. The molecule has 0 aromatic carbocycles. The van der Waals surface area contributed by atoms with Crippen molar-refractivity contribution in [3.05, 3.63) is 48.2 Å². The summed E-state index contributed by atoms with van der Waals surface area (Å²) >= 11 is 0. The highest BCUT2D eigenvalue weighted by Crippen LogP contribution is 2.39. The molecular weight excluding hydrogens is 578 g/mol. The van der Waals surface area contributed by atoms with E-state index >= 15 is 0 Å². The van der Waals surface area contributed by atoms with Crippen LogP contribution in [-0.2, 0) is 10.0 Å². The highest BCUT2D eigenvalue weighted by molar-refractivity contribution is 7.90. The number of amides is 1. The van der Waals surface area contributed by atoms with Gasteiger partial charge in [0.1, 0.15) is 11.6 Å². The lowest BCUT2D eigenvalue weighted by Gasteiger charge is -2.34. The molecule has 0 saturated carbocycles. The van der Waals surface area contributed by atoms with Crippen molar-refractivity contribution < 1.29 is 17.9 Å². The van der Waals surface area contributed by atoms with Crippen LogP contribution in [0.2, 0.25) is 0 Å². The first-order valence-electron chi connectivity index (χ1n) is 15.6. The zero-order valence-electron chi connectivity index (χ0n) is 26.6. The lowest BCUT2D eigenvalue weighted by Crippen LogP contribution is -2.41. The van der Waals surface area contributed by atoms with Crippen molar-refractivity contribution in [3.63, 3.8) is 0 Å². The van der Waals surface area contributed by atoms with Gasteiger partial charge < -0.3 is 15.0 Å². The number of aromatic nitrogens is 4. The number of nitrogens with one attached hydrogen (secondary N) is 2. The van der Waals surface area contributed by atoms with Gasteiger partial charge in [-0.25, -0.2) is 19.4 Å². The molecule has 0 radical (unpaired) electrons. The van der Waals surface area contributed by atoms with Gasteiger partial charge in [-0.15, -0.1) is 5.10 Å². The molecule has 3 atom stereocenters. The molecule has 11 nitrogen and oxygen atoms in total. The highest BCUT2D eigenvalue weighted by Gasteiger charge is 2.41. The number of ether oxygens (including phenoxy) is 1. The van der Waals surface area contributed by atoms with Gasteiger partial charge in [0, 0.05) is 30.9 Å². The van der Waals surface area contributed by atoms with Crippen LogP contribution in [0.3, 0.4) is 0 Å². The smallest absolute Gasteiger partial charge is 0.281 e. The van der Waals surface area contributed by atoms with E-state index < -0.39 is 15.9 Å². The molecule has 1 amide bonds. The van der Waals surface area contributed by atoms with Gasteiger partial charge in [-0.05, 0) is 81.0 Å². The molecule has 2 unspecified atom stereocenters. The number of rotatable bonds is 7. The predicted octanol–water partition coefficient (Wildman–Crippen LogP) is 5.29. The van der Waals surface area contributed by atoms with Crippen molar-refractivity contribution in [1.82, 2.24) is 24.5 Å². The molecule has 12 heteroatoms. The van der Waals surface area contributed by atoms with Crippen molar-refractivity contribution in [3.8, 4) is 11.7 Å². The minimum atomic E-state index is -4.23. The van der Waals surface area contributed by atoms with Crippen LogP contribution in [0.5, 0.6) is 5.88 Å². The highest BCUT2D eigenvalue weighted by atomic mass is 32.2. The Labute approximate surface area is 260 Å². The first-order chi connectivity index (χ1) is 20.9. The quantitative estimate of drug-likeness (QED) is 0.360. The average molecular weight is 624 g/mol. The Bertz CT molecular complexity index is 1590. The number of carbonyl (C=O) groups excluding carboxylic acids is 1. The van der Waals surface area contributed by atoms with Crippen molar-refractivity contribution in [2.75, 3.05) is 29.9 Å². The maximum atomic E-state index is 13.6. The Morgan fingerprint density at radius 2 is 1.91 bits per heavy atom. The summed E-state index contributed by atoms with van der Waals surface area (Å²) in [7, 11) is -4.23. The molecule has 238 valence electrons. The molecule has 5 rings (SSSR count). The molecule has 2 N–H and O–H groups in total.